The minimum Gasteiger partial charge on any atom is -0.471 e. The summed E-state index contributed by atoms with van der Waals surface area (Å²) in [7, 11) is 5.44. The van der Waals surface area contributed by atoms with Crippen molar-refractivity contribution in [3.63, 3.8) is 0 Å². The molecule has 44 heavy (non-hydrogen) atoms. The highest BCUT2D eigenvalue weighted by Crippen LogP contribution is 2.54. The molecule has 4 aromatic rings. The molecule has 2 N–H and O–H groups in total. The predicted octanol–water partition coefficient (Wildman–Crippen LogP) is 3.77. The maximum Gasteiger partial charge on any atom is 0.330 e. The monoisotopic (exact) mass is 618 g/mol. The summed E-state index contributed by atoms with van der Waals surface area (Å²) >= 11 is 1.53. The first-order chi connectivity index (χ1) is 21.3. The van der Waals surface area contributed by atoms with E-state index in [0.717, 1.165) is 74.7 Å². The van der Waals surface area contributed by atoms with Gasteiger partial charge in [-0.25, -0.2) is 9.78 Å². The van der Waals surface area contributed by atoms with E-state index < -0.39 is 5.41 Å². The van der Waals surface area contributed by atoms with Gasteiger partial charge in [-0.3, -0.25) is 14.0 Å². The first-order valence-electron chi connectivity index (χ1n) is 15.4. The van der Waals surface area contributed by atoms with E-state index in [9.17, 15) is 10.1 Å². The van der Waals surface area contributed by atoms with E-state index in [1.807, 2.05) is 0 Å². The molecule has 13 heteroatoms. The second-order valence-electron chi connectivity index (χ2n) is 12.4. The number of aryl methyl sites for hydroxylation is 2. The molecule has 0 saturated carbocycles. The summed E-state index contributed by atoms with van der Waals surface area (Å²) in [5.74, 6) is 1.17. The molecule has 0 unspecified atom stereocenters. The van der Waals surface area contributed by atoms with E-state index in [-0.39, 0.29) is 17.8 Å². The molecule has 2 aliphatic carbocycles. The number of methoxy groups -OCH3 is 1. The molecular weight excluding hydrogens is 580 g/mol. The zero-order valence-corrected chi connectivity index (χ0v) is 26.5. The molecule has 5 heterocycles. The van der Waals surface area contributed by atoms with Gasteiger partial charge in [0.15, 0.2) is 11.2 Å². The third-order valence-corrected chi connectivity index (χ3v) is 11.0. The van der Waals surface area contributed by atoms with E-state index >= 15 is 0 Å². The summed E-state index contributed by atoms with van der Waals surface area (Å²) in [5.41, 5.74) is 10.1. The van der Waals surface area contributed by atoms with Crippen LogP contribution in [0.1, 0.15) is 72.7 Å². The number of hydrogen-bond acceptors (Lipinski definition) is 11. The summed E-state index contributed by atoms with van der Waals surface area (Å²) in [5, 5.41) is 15.3. The smallest absolute Gasteiger partial charge is 0.330 e. The summed E-state index contributed by atoms with van der Waals surface area (Å²) in [6, 6.07) is 2.62. The van der Waals surface area contributed by atoms with Crippen LogP contribution in [0.5, 0.6) is 5.88 Å². The Morgan fingerprint density at radius 3 is 2.75 bits per heavy atom. The van der Waals surface area contributed by atoms with E-state index in [1.165, 1.54) is 16.2 Å². The Bertz CT molecular complexity index is 1840. The number of rotatable bonds is 7. The first-order valence-corrected chi connectivity index (χ1v) is 16.2. The van der Waals surface area contributed by atoms with Gasteiger partial charge in [0, 0.05) is 36.1 Å². The molecule has 1 fully saturated rings. The summed E-state index contributed by atoms with van der Waals surface area (Å²) in [6.07, 6.45) is 7.29. The Kier molecular flexibility index (Phi) is 7.26. The number of anilines is 1. The normalized spacial score (nSPS) is 22.3. The largest absolute Gasteiger partial charge is 0.471 e. The third-order valence-electron chi connectivity index (χ3n) is 9.96. The van der Waals surface area contributed by atoms with Crippen molar-refractivity contribution in [3.05, 3.63) is 37.7 Å². The van der Waals surface area contributed by atoms with Crippen molar-refractivity contribution in [1.82, 2.24) is 29.2 Å². The quantitative estimate of drug-likeness (QED) is 0.324. The molecule has 0 radical (unpaired) electrons. The minimum atomic E-state index is -0.430. The summed E-state index contributed by atoms with van der Waals surface area (Å²) in [6.45, 7) is 3.76. The van der Waals surface area contributed by atoms with Gasteiger partial charge in [-0.05, 0) is 77.4 Å². The highest BCUT2D eigenvalue weighted by Gasteiger charge is 2.48. The SMILES string of the molecule is COCCn1c(=O)n(C)c2c(O[C@@H](C)[C@@H]3CCCN3C)nc(-c3onc4c3CCC[C@@]43CCCc4sc(N)c(C#N)c43)nc21. The van der Waals surface area contributed by atoms with Crippen molar-refractivity contribution in [1.29, 1.82) is 5.26 Å². The van der Waals surface area contributed by atoms with Crippen molar-refractivity contribution in [2.45, 2.75) is 82.4 Å². The van der Waals surface area contributed by atoms with Crippen molar-refractivity contribution in [2.24, 2.45) is 7.05 Å². The van der Waals surface area contributed by atoms with Crippen LogP contribution in [0.4, 0.5) is 5.00 Å². The topological polar surface area (TPSA) is 150 Å². The number of aromatic nitrogens is 5. The number of nitrogens with zero attached hydrogens (tertiary/aromatic N) is 7. The Balaban J connectivity index is 1.39. The highest BCUT2D eigenvalue weighted by atomic mass is 32.1. The first kappa shape index (κ1) is 29.0. The lowest BCUT2D eigenvalue weighted by Crippen LogP contribution is -2.38. The molecule has 12 nitrogen and oxygen atoms in total. The lowest BCUT2D eigenvalue weighted by atomic mass is 9.62. The average Bonchev–Trinajstić information content (AvgIpc) is 3.77. The standard InChI is InChI=1S/C31H38N8O4S/c1-17(20-9-7-13-37(20)2)42-29-23-28(39(14-15-41-4)30(40)38(23)3)34-27(35-29)24-18-8-5-11-31(25(18)36-43-24)12-6-10-21-22(31)19(16-32)26(33)44-21/h17,20H,5-15,33H2,1-4H3/t17-,20-,31-/m0/s1. The van der Waals surface area contributed by atoms with Crippen molar-refractivity contribution >= 4 is 27.5 Å². The molecule has 1 spiro atoms. The number of likely N-dealkylation sites (tertiary alicyclic amines) is 1. The molecule has 0 aromatic carbocycles. The third kappa shape index (κ3) is 4.29. The van der Waals surface area contributed by atoms with Crippen LogP contribution in [-0.4, -0.2) is 68.6 Å². The number of thiophene rings is 1. The van der Waals surface area contributed by atoms with Gasteiger partial charge in [-0.15, -0.1) is 11.3 Å². The fraction of sp³-hybridized carbons (Fsp3) is 0.581. The molecule has 1 saturated heterocycles. The van der Waals surface area contributed by atoms with E-state index in [1.54, 1.807) is 23.3 Å². The molecular formula is C31H38N8O4S. The second kappa shape index (κ2) is 11.0. The van der Waals surface area contributed by atoms with Crippen LogP contribution in [0.25, 0.3) is 22.7 Å². The van der Waals surface area contributed by atoms with E-state index in [2.05, 4.69) is 24.9 Å². The fourth-order valence-electron chi connectivity index (χ4n) is 7.85. The number of nitrogen functional groups attached to an aromatic ring is 1. The van der Waals surface area contributed by atoms with Gasteiger partial charge in [0.25, 0.3) is 0 Å². The number of nitrogens with two attached hydrogens (primary N) is 1. The molecule has 3 aliphatic rings. The van der Waals surface area contributed by atoms with Gasteiger partial charge in [0.05, 0.1) is 24.4 Å². The lowest BCUT2D eigenvalue weighted by Gasteiger charge is -2.39. The van der Waals surface area contributed by atoms with Crippen LogP contribution in [0.2, 0.25) is 0 Å². The van der Waals surface area contributed by atoms with Crippen LogP contribution in [0.15, 0.2) is 9.32 Å². The zero-order chi connectivity index (χ0) is 30.7. The maximum atomic E-state index is 13.4. The van der Waals surface area contributed by atoms with Gasteiger partial charge >= 0.3 is 5.69 Å². The second-order valence-corrected chi connectivity index (χ2v) is 13.5. The van der Waals surface area contributed by atoms with E-state index in [0.29, 0.717) is 52.3 Å². The number of ether oxygens (including phenoxy) is 2. The Labute approximate surface area is 259 Å². The van der Waals surface area contributed by atoms with Crippen LogP contribution in [0, 0.1) is 11.3 Å². The number of hydrogen-bond donors (Lipinski definition) is 1. The van der Waals surface area contributed by atoms with Crippen LogP contribution in [-0.2, 0) is 36.6 Å². The highest BCUT2D eigenvalue weighted by molar-refractivity contribution is 7.16. The number of nitriles is 1. The van der Waals surface area contributed by atoms with Crippen molar-refractivity contribution in [3.8, 4) is 23.5 Å². The zero-order valence-electron chi connectivity index (χ0n) is 25.7. The Morgan fingerprint density at radius 2 is 2.02 bits per heavy atom. The Hall–Kier alpha value is -3.73. The fourth-order valence-corrected chi connectivity index (χ4v) is 9.02. The van der Waals surface area contributed by atoms with Crippen LogP contribution < -0.4 is 16.2 Å². The van der Waals surface area contributed by atoms with Gasteiger partial charge in [-0.2, -0.15) is 10.2 Å². The van der Waals surface area contributed by atoms with Gasteiger partial charge in [0.2, 0.25) is 17.5 Å². The van der Waals surface area contributed by atoms with Crippen LogP contribution >= 0.6 is 11.3 Å². The molecule has 7 rings (SSSR count). The summed E-state index contributed by atoms with van der Waals surface area (Å²) in [4.78, 5) is 26.8. The average molecular weight is 619 g/mol. The Morgan fingerprint density at radius 1 is 1.23 bits per heavy atom. The van der Waals surface area contributed by atoms with Crippen molar-refractivity contribution in [2.75, 3.05) is 33.0 Å². The predicted molar refractivity (Wildman–Crippen MR) is 166 cm³/mol. The van der Waals surface area contributed by atoms with Gasteiger partial charge < -0.3 is 19.7 Å². The summed E-state index contributed by atoms with van der Waals surface area (Å²) < 4.78 is 21.2. The molecule has 4 aromatic heterocycles. The molecule has 3 atom stereocenters. The molecule has 1 aliphatic heterocycles. The van der Waals surface area contributed by atoms with Gasteiger partial charge in [0.1, 0.15) is 17.2 Å². The van der Waals surface area contributed by atoms with Crippen LogP contribution in [0.3, 0.4) is 0 Å². The van der Waals surface area contributed by atoms with Gasteiger partial charge in [-0.1, -0.05) is 5.16 Å². The maximum absolute atomic E-state index is 13.4. The molecule has 0 amide bonds. The molecule has 232 valence electrons. The van der Waals surface area contributed by atoms with E-state index in [4.69, 9.17) is 34.9 Å². The lowest BCUT2D eigenvalue weighted by molar-refractivity contribution is 0.118. The van der Waals surface area contributed by atoms with Crippen molar-refractivity contribution < 1.29 is 14.0 Å². The minimum absolute atomic E-state index is 0.160. The molecule has 0 bridgehead atoms. The number of fused-ring (bicyclic) bond motifs is 5. The number of imidazole rings is 1. The number of likely N-dealkylation sites (N-methyl/N-ethyl adjacent to an activating group) is 1.